The first-order valence-corrected chi connectivity index (χ1v) is 32.1. The molecule has 17 nitrogen and oxygen atoms in total. The molecule has 6 fully saturated rings. The predicted molar refractivity (Wildman–Crippen MR) is 327 cm³/mol. The van der Waals surface area contributed by atoms with Crippen LogP contribution < -0.4 is 10.6 Å². The van der Waals surface area contributed by atoms with Crippen molar-refractivity contribution in [2.24, 2.45) is 57.2 Å². The van der Waals surface area contributed by atoms with E-state index in [4.69, 9.17) is 24.4 Å². The zero-order valence-corrected chi connectivity index (χ0v) is 52.1. The number of alkyl halides is 1. The van der Waals surface area contributed by atoms with Gasteiger partial charge in [0.1, 0.15) is 11.6 Å². The molecule has 12 rings (SSSR count). The van der Waals surface area contributed by atoms with Gasteiger partial charge in [-0.3, -0.25) is 24.0 Å². The molecule has 0 spiro atoms. The number of carbonyl (C=O) groups excluding carboxylic acids is 5. The summed E-state index contributed by atoms with van der Waals surface area (Å²) < 4.78 is 33.3. The van der Waals surface area contributed by atoms with Crippen molar-refractivity contribution in [3.63, 3.8) is 0 Å². The number of nitrogens with one attached hydrogen (secondary N) is 2. The number of nitrogens with zero attached hydrogens (tertiary/aromatic N) is 4. The van der Waals surface area contributed by atoms with Gasteiger partial charge in [-0.25, -0.2) is 13.8 Å². The highest BCUT2D eigenvalue weighted by atomic mass is 32.2. The van der Waals surface area contributed by atoms with Gasteiger partial charge >= 0.3 is 5.97 Å². The number of carbonyl (C=O) groups is 5. The van der Waals surface area contributed by atoms with Crippen LogP contribution >= 0.6 is 24.4 Å². The van der Waals surface area contributed by atoms with Gasteiger partial charge in [-0.2, -0.15) is 10.2 Å². The van der Waals surface area contributed by atoms with Gasteiger partial charge in [-0.15, -0.1) is 12.6 Å². The second-order valence-electron chi connectivity index (χ2n) is 26.5. The van der Waals surface area contributed by atoms with Crippen LogP contribution in [0.4, 0.5) is 4.39 Å². The number of benzene rings is 2. The first-order valence-electron chi connectivity index (χ1n) is 30.6. The van der Waals surface area contributed by atoms with Crippen molar-refractivity contribution in [1.82, 2.24) is 30.2 Å². The minimum absolute atomic E-state index is 0.0403. The molecule has 0 saturated heterocycles. The van der Waals surface area contributed by atoms with Crippen molar-refractivity contribution in [3.8, 4) is 11.4 Å². The minimum atomic E-state index is -1.49. The van der Waals surface area contributed by atoms with Crippen molar-refractivity contribution < 1.29 is 57.9 Å². The molecule has 6 saturated carbocycles. The third-order valence-electron chi connectivity index (χ3n) is 22.5. The molecule has 20 heteroatoms. The number of methoxy groups -OCH3 is 2. The molecule has 8 aliphatic carbocycles. The largest absolute Gasteiger partial charge is 0.449 e. The summed E-state index contributed by atoms with van der Waals surface area (Å²) >= 11 is 4.64. The lowest BCUT2D eigenvalue weighted by molar-refractivity contribution is -0.196. The molecular weight excluding hydrogens is 1140 g/mol. The average Bonchev–Trinajstić information content (AvgIpc) is 1.38. The van der Waals surface area contributed by atoms with E-state index in [9.17, 15) is 43.7 Å². The summed E-state index contributed by atoms with van der Waals surface area (Å²) in [5.74, 6) is -0.248. The molecule has 0 bridgehead atoms. The lowest BCUT2D eigenvalue weighted by Crippen LogP contribution is -2.62. The number of halogens is 1. The number of esters is 1. The summed E-state index contributed by atoms with van der Waals surface area (Å²) in [7, 11) is 3.20. The fourth-order valence-corrected chi connectivity index (χ4v) is 19.5. The first-order chi connectivity index (χ1) is 41.1. The van der Waals surface area contributed by atoms with Crippen LogP contribution in [-0.2, 0) is 41.4 Å². The summed E-state index contributed by atoms with van der Waals surface area (Å²) in [4.78, 5) is 64.0. The zero-order valence-electron chi connectivity index (χ0n) is 50.4. The third kappa shape index (κ3) is 10.1. The highest BCUT2D eigenvalue weighted by Gasteiger charge is 2.71. The molecule has 0 unspecified atom stereocenters. The van der Waals surface area contributed by atoms with Gasteiger partial charge in [0, 0.05) is 55.7 Å². The number of amides is 2. The van der Waals surface area contributed by atoms with Gasteiger partial charge in [-0.1, -0.05) is 57.9 Å². The van der Waals surface area contributed by atoms with Gasteiger partial charge in [0.2, 0.25) is 10.2 Å². The van der Waals surface area contributed by atoms with Crippen LogP contribution in [0.3, 0.4) is 0 Å². The number of ether oxygens (including phenoxy) is 3. The summed E-state index contributed by atoms with van der Waals surface area (Å²) in [5, 5.41) is 49.4. The molecule has 2 amide bonds. The summed E-state index contributed by atoms with van der Waals surface area (Å²) in [6.45, 7) is 11.9. The number of thioether (sulfide) groups is 1. The molecule has 5 N–H and O–H groups in total. The Balaban J connectivity index is 0.000000180. The number of fused-ring (bicyclic) bond motifs is 12. The van der Waals surface area contributed by atoms with E-state index in [1.54, 1.807) is 33.3 Å². The average molecular weight is 1220 g/mol. The molecule has 0 aliphatic heterocycles. The molecule has 2 heterocycles. The minimum Gasteiger partial charge on any atom is -0.449 e. The van der Waals surface area contributed by atoms with Crippen LogP contribution in [0.5, 0.6) is 0 Å². The Hall–Kier alpha value is -5.48. The highest BCUT2D eigenvalue weighted by molar-refractivity contribution is 8.13. The maximum atomic E-state index is 13.5. The Morgan fingerprint density at radius 3 is 1.66 bits per heavy atom. The van der Waals surface area contributed by atoms with Crippen LogP contribution in [-0.4, -0.2) is 133 Å². The fraction of sp³-hybridized carbons (Fsp3) is 0.591. The molecule has 2 aromatic heterocycles. The molecular formula is C66H83FN6O11S2. The van der Waals surface area contributed by atoms with Crippen LogP contribution in [0.15, 0.2) is 72.1 Å². The number of allylic oxidation sites excluding steroid dienone is 2. The van der Waals surface area contributed by atoms with E-state index in [-0.39, 0.29) is 64.6 Å². The summed E-state index contributed by atoms with van der Waals surface area (Å²) in [6.07, 6.45) is 14.9. The molecule has 0 radical (unpaired) electrons. The molecule has 8 aliphatic rings. The Labute approximate surface area is 512 Å². The van der Waals surface area contributed by atoms with Crippen molar-refractivity contribution in [2.45, 2.75) is 141 Å². The number of hydrogen-bond acceptors (Lipinski definition) is 14. The number of hydrogen-bond donors (Lipinski definition) is 6. The van der Waals surface area contributed by atoms with Crippen LogP contribution in [0.25, 0.3) is 23.5 Å². The maximum Gasteiger partial charge on any atom is 0.306 e. The quantitative estimate of drug-likeness (QED) is 0.0371. The number of aliphatic hydroxyl groups excluding tert-OH is 2. The van der Waals surface area contributed by atoms with Gasteiger partial charge in [0.25, 0.3) is 11.8 Å². The topological polar surface area (TPSA) is 233 Å². The van der Waals surface area contributed by atoms with Crippen LogP contribution in [0.1, 0.15) is 148 Å². The van der Waals surface area contributed by atoms with E-state index in [0.717, 1.165) is 72.4 Å². The van der Waals surface area contributed by atoms with Gasteiger partial charge in [-0.05, 0) is 195 Å². The van der Waals surface area contributed by atoms with E-state index in [1.165, 1.54) is 11.1 Å². The molecule has 2 aromatic carbocycles. The SMILES string of the molecule is CCC(=O)O[C@]1(C(=O)SCF)CC[C@H]2[C@@H]3CCC4=Cc5c(cnn5-c5cccc(C(=O)NCCOC)c5)C[C@]4(C)[C@H]3[C@@H](O)C[C@@]21C.COCCNC(=O)c1cccc(-n2ncc3c2C=C2CC[C@@H]4[C@H]([C@@H](O)C[C@@]5(C)[C@H]4CC[C@]5(O)C(=O)S)[C@@]2(C)C3)c1. The lowest BCUT2D eigenvalue weighted by Gasteiger charge is -2.60. The van der Waals surface area contributed by atoms with Gasteiger partial charge in [0.05, 0.1) is 60.6 Å². The molecule has 462 valence electrons. The molecule has 86 heavy (non-hydrogen) atoms. The fourth-order valence-electron chi connectivity index (χ4n) is 18.4. The van der Waals surface area contributed by atoms with E-state index >= 15 is 0 Å². The maximum absolute atomic E-state index is 13.5. The van der Waals surface area contributed by atoms with Crippen LogP contribution in [0, 0.1) is 57.2 Å². The van der Waals surface area contributed by atoms with Gasteiger partial charge < -0.3 is 40.2 Å². The lowest BCUT2D eigenvalue weighted by atomic mass is 9.45. The summed E-state index contributed by atoms with van der Waals surface area (Å²) in [6, 6.07) is 14.0. The number of aromatic nitrogens is 4. The van der Waals surface area contributed by atoms with E-state index < -0.39 is 56.4 Å². The van der Waals surface area contributed by atoms with Crippen molar-refractivity contribution >= 4 is 64.6 Å². The van der Waals surface area contributed by atoms with Crippen molar-refractivity contribution in [3.05, 3.63) is 106 Å². The first kappa shape index (κ1) is 62.1. The third-order valence-corrected chi connectivity index (χ3v) is 23.5. The Morgan fingerprint density at radius 1 is 0.721 bits per heavy atom. The Morgan fingerprint density at radius 2 is 1.20 bits per heavy atom. The zero-order chi connectivity index (χ0) is 61.3. The monoisotopic (exact) mass is 1220 g/mol. The van der Waals surface area contributed by atoms with Crippen LogP contribution in [0.2, 0.25) is 0 Å². The molecule has 4 aromatic rings. The summed E-state index contributed by atoms with van der Waals surface area (Å²) in [5.41, 5.74) is 4.57. The second kappa shape index (κ2) is 23.8. The standard InChI is InChI=1S/C35H44FN3O6S.C31H39N3O5S/c1-5-29(41)45-35(32(43)46-20-36)12-11-26-25-10-9-23-16-27-22(17-33(23,2)30(25)28(40)18-34(26,35)3)19-38-39(27)24-8-6-7-21(15-24)31(42)37-13-14-44-4;1-29-15-19-17-33-34(21-6-4-5-18(13-21)27(36)32-11-12-39-3)24(19)14-20(29)7-8-22-23-9-10-31(38,28(37)40)30(23,2)16-25(35)26(22)29/h6-8,15-16,19,25-26,28,30,40H,5,9-14,17-18,20H2,1-4H3,(H,37,42);4-6,13-14,17,22-23,25-26,35,38H,7-12,15-16H2,1-3H3,(H,32,36)(H,37,40)/t25-,26-,28-,30+,33-,34-,35-;22-,23-,25-,26+,29-,30-,31-/m00/s1. The highest BCUT2D eigenvalue weighted by Crippen LogP contribution is 2.70. The number of rotatable bonds is 15. The number of thiol groups is 1. The smallest absolute Gasteiger partial charge is 0.306 e. The van der Waals surface area contributed by atoms with E-state index in [0.29, 0.717) is 87.7 Å². The molecule has 14 atom stereocenters. The second-order valence-corrected chi connectivity index (χ2v) is 27.8. The Kier molecular flexibility index (Phi) is 17.2. The predicted octanol–water partition coefficient (Wildman–Crippen LogP) is 8.87. The van der Waals surface area contributed by atoms with Crippen molar-refractivity contribution in [2.75, 3.05) is 46.5 Å². The van der Waals surface area contributed by atoms with E-state index in [1.807, 2.05) is 72.0 Å². The normalized spacial score (nSPS) is 34.3. The van der Waals surface area contributed by atoms with Crippen molar-refractivity contribution in [1.29, 1.82) is 0 Å². The number of aliphatic hydroxyl groups is 3. The van der Waals surface area contributed by atoms with E-state index in [2.05, 4.69) is 49.3 Å². The Bertz CT molecular complexity index is 3380. The van der Waals surface area contributed by atoms with Gasteiger partial charge in [0.15, 0.2) is 5.60 Å².